The Morgan fingerprint density at radius 3 is 2.59 bits per heavy atom. The zero-order valence-electron chi connectivity index (χ0n) is 15.9. The molecule has 5 nitrogen and oxygen atoms in total. The van der Waals surface area contributed by atoms with E-state index >= 15 is 0 Å². The Bertz CT molecular complexity index is 977. The maximum Gasteiger partial charge on any atom is 0.322 e. The van der Waals surface area contributed by atoms with Gasteiger partial charge in [0.15, 0.2) is 0 Å². The van der Waals surface area contributed by atoms with Gasteiger partial charge in [-0.15, -0.1) is 0 Å². The Labute approximate surface area is 159 Å². The third-order valence-electron chi connectivity index (χ3n) is 5.32. The van der Waals surface area contributed by atoms with Crippen molar-refractivity contribution in [2.24, 2.45) is 0 Å². The van der Waals surface area contributed by atoms with Gasteiger partial charge in [0.05, 0.1) is 11.4 Å². The standard InChI is InChI=1S/C22H24N4O/c1-15-14-25(21-12-8-7-11-19(15)21)22(27)23-13-20-16(2)24-26(17(20)3)18-9-5-4-6-10-18/h4-12,15H,13-14H2,1-3H3,(H,23,27). The number of hydrogen-bond donors (Lipinski definition) is 1. The average Bonchev–Trinajstić information content (AvgIpc) is 3.18. The molecule has 1 N–H and O–H groups in total. The van der Waals surface area contributed by atoms with Crippen LogP contribution in [-0.4, -0.2) is 22.4 Å². The summed E-state index contributed by atoms with van der Waals surface area (Å²) < 4.78 is 1.93. The van der Waals surface area contributed by atoms with Gasteiger partial charge in [0.2, 0.25) is 0 Å². The first-order valence-electron chi connectivity index (χ1n) is 9.31. The van der Waals surface area contributed by atoms with Crippen molar-refractivity contribution in [2.45, 2.75) is 33.2 Å². The van der Waals surface area contributed by atoms with Gasteiger partial charge in [0.1, 0.15) is 0 Å². The van der Waals surface area contributed by atoms with Gasteiger partial charge in [0, 0.05) is 36.0 Å². The molecule has 2 heterocycles. The van der Waals surface area contributed by atoms with Crippen LogP contribution in [0.3, 0.4) is 0 Å². The second-order valence-corrected chi connectivity index (χ2v) is 7.13. The summed E-state index contributed by atoms with van der Waals surface area (Å²) >= 11 is 0. The minimum absolute atomic E-state index is 0.0574. The minimum Gasteiger partial charge on any atom is -0.333 e. The van der Waals surface area contributed by atoms with Crippen LogP contribution in [0.1, 0.15) is 35.4 Å². The largest absolute Gasteiger partial charge is 0.333 e. The van der Waals surface area contributed by atoms with Gasteiger partial charge < -0.3 is 5.32 Å². The Morgan fingerprint density at radius 2 is 1.81 bits per heavy atom. The summed E-state index contributed by atoms with van der Waals surface area (Å²) in [5.74, 6) is 0.358. The second-order valence-electron chi connectivity index (χ2n) is 7.13. The van der Waals surface area contributed by atoms with Crippen LogP contribution in [0.5, 0.6) is 0 Å². The molecular formula is C22H24N4O. The van der Waals surface area contributed by atoms with Crippen LogP contribution < -0.4 is 10.2 Å². The number of rotatable bonds is 3. The molecule has 0 aliphatic carbocycles. The van der Waals surface area contributed by atoms with Gasteiger partial charge in [-0.1, -0.05) is 43.3 Å². The first-order chi connectivity index (χ1) is 13.1. The molecule has 1 atom stereocenters. The highest BCUT2D eigenvalue weighted by molar-refractivity contribution is 5.94. The molecule has 2 amide bonds. The Hall–Kier alpha value is -3.08. The first-order valence-corrected chi connectivity index (χ1v) is 9.31. The maximum absolute atomic E-state index is 12.8. The Balaban J connectivity index is 1.52. The third kappa shape index (κ3) is 3.10. The summed E-state index contributed by atoms with van der Waals surface area (Å²) in [7, 11) is 0. The average molecular weight is 360 g/mol. The molecule has 138 valence electrons. The number of anilines is 1. The summed E-state index contributed by atoms with van der Waals surface area (Å²) in [5, 5.41) is 7.74. The van der Waals surface area contributed by atoms with Crippen molar-refractivity contribution < 1.29 is 4.79 Å². The van der Waals surface area contributed by atoms with Gasteiger partial charge in [0.25, 0.3) is 0 Å². The summed E-state index contributed by atoms with van der Waals surface area (Å²) in [4.78, 5) is 14.7. The van der Waals surface area contributed by atoms with E-state index in [4.69, 9.17) is 0 Å². The van der Waals surface area contributed by atoms with Crippen molar-refractivity contribution in [3.8, 4) is 5.69 Å². The highest BCUT2D eigenvalue weighted by atomic mass is 16.2. The monoisotopic (exact) mass is 360 g/mol. The molecule has 27 heavy (non-hydrogen) atoms. The number of aryl methyl sites for hydroxylation is 1. The molecule has 5 heteroatoms. The number of fused-ring (bicyclic) bond motifs is 1. The zero-order valence-corrected chi connectivity index (χ0v) is 15.9. The van der Waals surface area contributed by atoms with Crippen LogP contribution in [-0.2, 0) is 6.54 Å². The second kappa shape index (κ2) is 6.91. The SMILES string of the molecule is Cc1nn(-c2ccccc2)c(C)c1CNC(=O)N1CC(C)c2ccccc21. The molecule has 0 fully saturated rings. The predicted octanol–water partition coefficient (Wildman–Crippen LogP) is 4.32. The number of nitrogens with one attached hydrogen (secondary N) is 1. The minimum atomic E-state index is -0.0574. The van der Waals surface area contributed by atoms with Crippen molar-refractivity contribution in [2.75, 3.05) is 11.4 Å². The highest BCUT2D eigenvalue weighted by Crippen LogP contribution is 2.35. The zero-order chi connectivity index (χ0) is 19.0. The number of benzene rings is 2. The molecule has 1 aromatic heterocycles. The van der Waals surface area contributed by atoms with Crippen LogP contribution >= 0.6 is 0 Å². The lowest BCUT2D eigenvalue weighted by Gasteiger charge is -2.18. The van der Waals surface area contributed by atoms with Crippen LogP contribution in [0.25, 0.3) is 5.69 Å². The molecule has 1 unspecified atom stereocenters. The normalized spacial score (nSPS) is 15.7. The van der Waals surface area contributed by atoms with E-state index in [1.807, 2.05) is 72.0 Å². The van der Waals surface area contributed by atoms with Crippen molar-refractivity contribution in [3.63, 3.8) is 0 Å². The van der Waals surface area contributed by atoms with E-state index in [1.54, 1.807) is 0 Å². The van der Waals surface area contributed by atoms with Crippen molar-refractivity contribution in [3.05, 3.63) is 77.1 Å². The molecule has 0 radical (unpaired) electrons. The number of carbonyl (C=O) groups excluding carboxylic acids is 1. The summed E-state index contributed by atoms with van der Waals surface area (Å²) in [5.41, 5.74) is 6.32. The number of nitrogens with zero attached hydrogens (tertiary/aromatic N) is 3. The number of urea groups is 1. The molecule has 1 aliphatic heterocycles. The van der Waals surface area contributed by atoms with Crippen LogP contribution in [0.2, 0.25) is 0 Å². The van der Waals surface area contributed by atoms with Gasteiger partial charge in [-0.05, 0) is 37.6 Å². The molecule has 0 bridgehead atoms. The fraction of sp³-hybridized carbons (Fsp3) is 0.273. The molecule has 0 spiro atoms. The van der Waals surface area contributed by atoms with E-state index in [9.17, 15) is 4.79 Å². The number of aromatic nitrogens is 2. The Morgan fingerprint density at radius 1 is 1.11 bits per heavy atom. The van der Waals surface area contributed by atoms with Crippen molar-refractivity contribution >= 4 is 11.7 Å². The summed E-state index contributed by atoms with van der Waals surface area (Å²) in [6, 6.07) is 18.1. The topological polar surface area (TPSA) is 50.2 Å². The van der Waals surface area contributed by atoms with E-state index in [0.717, 1.165) is 28.3 Å². The molecule has 2 aromatic carbocycles. The van der Waals surface area contributed by atoms with Gasteiger partial charge in [-0.25, -0.2) is 9.48 Å². The van der Waals surface area contributed by atoms with Crippen LogP contribution in [0.15, 0.2) is 54.6 Å². The van der Waals surface area contributed by atoms with Gasteiger partial charge >= 0.3 is 6.03 Å². The van der Waals surface area contributed by atoms with Gasteiger partial charge in [-0.3, -0.25) is 4.90 Å². The third-order valence-corrected chi connectivity index (χ3v) is 5.32. The molecule has 4 rings (SSSR count). The number of amides is 2. The number of para-hydroxylation sites is 2. The number of hydrogen-bond acceptors (Lipinski definition) is 2. The quantitative estimate of drug-likeness (QED) is 0.756. The predicted molar refractivity (Wildman–Crippen MR) is 107 cm³/mol. The maximum atomic E-state index is 12.8. The first kappa shape index (κ1) is 17.3. The van der Waals surface area contributed by atoms with E-state index < -0.39 is 0 Å². The molecule has 0 saturated carbocycles. The van der Waals surface area contributed by atoms with E-state index in [-0.39, 0.29) is 6.03 Å². The molecule has 0 saturated heterocycles. The van der Waals surface area contributed by atoms with Crippen LogP contribution in [0, 0.1) is 13.8 Å². The molecule has 3 aromatic rings. The molecule has 1 aliphatic rings. The lowest BCUT2D eigenvalue weighted by molar-refractivity contribution is 0.246. The highest BCUT2D eigenvalue weighted by Gasteiger charge is 2.29. The van der Waals surface area contributed by atoms with Crippen molar-refractivity contribution in [1.82, 2.24) is 15.1 Å². The lowest BCUT2D eigenvalue weighted by atomic mass is 10.0. The van der Waals surface area contributed by atoms with Crippen LogP contribution in [0.4, 0.5) is 10.5 Å². The van der Waals surface area contributed by atoms with E-state index in [1.165, 1.54) is 5.56 Å². The smallest absolute Gasteiger partial charge is 0.322 e. The fourth-order valence-corrected chi connectivity index (χ4v) is 3.82. The summed E-state index contributed by atoms with van der Waals surface area (Å²) in [6.07, 6.45) is 0. The lowest BCUT2D eigenvalue weighted by Crippen LogP contribution is -2.39. The van der Waals surface area contributed by atoms with E-state index in [2.05, 4.69) is 23.4 Å². The van der Waals surface area contributed by atoms with Crippen molar-refractivity contribution in [1.29, 1.82) is 0 Å². The fourth-order valence-electron chi connectivity index (χ4n) is 3.82. The number of carbonyl (C=O) groups is 1. The summed E-state index contributed by atoms with van der Waals surface area (Å²) in [6.45, 7) is 7.37. The van der Waals surface area contributed by atoms with Gasteiger partial charge in [-0.2, -0.15) is 5.10 Å². The Kier molecular flexibility index (Phi) is 4.44. The van der Waals surface area contributed by atoms with E-state index in [0.29, 0.717) is 19.0 Å². The molecular weight excluding hydrogens is 336 g/mol.